The molecular formula is C32H32ClN3O6. The van der Waals surface area contributed by atoms with Crippen LogP contribution in [-0.2, 0) is 19.1 Å². The monoisotopic (exact) mass is 589 g/mol. The fourth-order valence-electron chi connectivity index (χ4n) is 4.62. The summed E-state index contributed by atoms with van der Waals surface area (Å²) in [5, 5.41) is 5.75. The number of amides is 4. The van der Waals surface area contributed by atoms with Crippen LogP contribution in [0.1, 0.15) is 35.6 Å². The third kappa shape index (κ3) is 7.28. The molecule has 42 heavy (non-hydrogen) atoms. The first kappa shape index (κ1) is 30.6. The van der Waals surface area contributed by atoms with Crippen LogP contribution < -0.4 is 15.4 Å². The molecule has 3 aromatic carbocycles. The molecule has 3 atom stereocenters. The predicted octanol–water partition coefficient (Wildman–Crippen LogP) is 4.77. The summed E-state index contributed by atoms with van der Waals surface area (Å²) in [5.41, 5.74) is 2.20. The van der Waals surface area contributed by atoms with E-state index in [1.165, 1.54) is 0 Å². The van der Waals surface area contributed by atoms with Crippen LogP contribution in [0.15, 0.2) is 72.8 Å². The van der Waals surface area contributed by atoms with Crippen molar-refractivity contribution in [3.8, 4) is 18.1 Å². The Hall–Kier alpha value is -4.36. The highest BCUT2D eigenvalue weighted by Gasteiger charge is 2.47. The van der Waals surface area contributed by atoms with Crippen LogP contribution in [0.5, 0.6) is 5.75 Å². The molecule has 2 N–H and O–H groups in total. The Labute approximate surface area is 250 Å². The molecule has 0 radical (unpaired) electrons. The van der Waals surface area contributed by atoms with E-state index in [4.69, 9.17) is 32.2 Å². The molecule has 0 saturated carbocycles. The van der Waals surface area contributed by atoms with Gasteiger partial charge in [-0.1, -0.05) is 66.9 Å². The number of hydrogen-bond acceptors (Lipinski definition) is 6. The smallest absolute Gasteiger partial charge is 0.325 e. The van der Waals surface area contributed by atoms with Crippen LogP contribution in [0.3, 0.4) is 0 Å². The third-order valence-electron chi connectivity index (χ3n) is 6.85. The molecule has 10 heteroatoms. The number of carbonyl (C=O) groups is 3. The Morgan fingerprint density at radius 1 is 1.05 bits per heavy atom. The van der Waals surface area contributed by atoms with E-state index < -0.39 is 35.8 Å². The molecule has 3 aromatic rings. The van der Waals surface area contributed by atoms with Gasteiger partial charge in [0.05, 0.1) is 30.5 Å². The standard InChI is InChI=1S/C32H32ClN3O6/c1-4-22-10-15-27(26(33)20-22)34-30(37)29(21(2)23-8-6-5-7-9-23)36-31(38)28(35-32(36)39)24-11-13-25(14-12-24)42-19-18-41-17-16-40-3/h1,5-15,20-21,28-29H,16-19H2,2-3H3,(H,34,37)(H,35,39)/t21?,28-,29?/m1/s1. The molecule has 0 spiro atoms. The number of terminal acetylenes is 1. The second-order valence-corrected chi connectivity index (χ2v) is 9.99. The van der Waals surface area contributed by atoms with Crippen molar-refractivity contribution in [3.05, 3.63) is 94.5 Å². The Balaban J connectivity index is 1.53. The van der Waals surface area contributed by atoms with Gasteiger partial charge in [0.25, 0.3) is 5.91 Å². The van der Waals surface area contributed by atoms with Gasteiger partial charge in [0.15, 0.2) is 0 Å². The van der Waals surface area contributed by atoms with E-state index in [-0.39, 0.29) is 5.02 Å². The zero-order chi connectivity index (χ0) is 30.1. The minimum Gasteiger partial charge on any atom is -0.491 e. The maximum absolute atomic E-state index is 13.8. The fraction of sp³-hybridized carbons (Fsp3) is 0.281. The Bertz CT molecular complexity index is 1440. The molecule has 1 aliphatic rings. The molecule has 1 saturated heterocycles. The Morgan fingerprint density at radius 3 is 2.43 bits per heavy atom. The summed E-state index contributed by atoms with van der Waals surface area (Å²) in [6.45, 7) is 3.53. The largest absolute Gasteiger partial charge is 0.491 e. The molecule has 1 heterocycles. The molecule has 2 unspecified atom stereocenters. The van der Waals surface area contributed by atoms with Crippen molar-refractivity contribution in [2.45, 2.75) is 24.9 Å². The van der Waals surface area contributed by atoms with Crippen LogP contribution in [0, 0.1) is 12.3 Å². The number of nitrogens with zero attached hydrogens (tertiary/aromatic N) is 1. The molecule has 218 valence electrons. The summed E-state index contributed by atoms with van der Waals surface area (Å²) in [5.74, 6) is 1.43. The van der Waals surface area contributed by atoms with Crippen LogP contribution in [-0.4, -0.2) is 62.3 Å². The van der Waals surface area contributed by atoms with Gasteiger partial charge in [-0.15, -0.1) is 6.42 Å². The van der Waals surface area contributed by atoms with Crippen molar-refractivity contribution >= 4 is 35.1 Å². The second-order valence-electron chi connectivity index (χ2n) is 9.59. The van der Waals surface area contributed by atoms with Gasteiger partial charge in [-0.3, -0.25) is 9.59 Å². The average molecular weight is 590 g/mol. The molecule has 9 nitrogen and oxygen atoms in total. The summed E-state index contributed by atoms with van der Waals surface area (Å²) in [6.07, 6.45) is 5.45. The van der Waals surface area contributed by atoms with E-state index in [9.17, 15) is 14.4 Å². The number of nitrogens with one attached hydrogen (secondary N) is 2. The Morgan fingerprint density at radius 2 is 1.76 bits per heavy atom. The molecule has 4 rings (SSSR count). The minimum absolute atomic E-state index is 0.240. The zero-order valence-corrected chi connectivity index (χ0v) is 24.1. The van der Waals surface area contributed by atoms with Gasteiger partial charge in [0.2, 0.25) is 5.91 Å². The van der Waals surface area contributed by atoms with E-state index in [0.717, 1.165) is 10.5 Å². The third-order valence-corrected chi connectivity index (χ3v) is 7.16. The van der Waals surface area contributed by atoms with Crippen molar-refractivity contribution in [3.63, 3.8) is 0 Å². The van der Waals surface area contributed by atoms with Crippen molar-refractivity contribution in [1.82, 2.24) is 10.2 Å². The fourth-order valence-corrected chi connectivity index (χ4v) is 4.85. The molecular weight excluding hydrogens is 558 g/mol. The number of halogens is 1. The summed E-state index contributed by atoms with van der Waals surface area (Å²) >= 11 is 6.35. The molecule has 0 aromatic heterocycles. The number of benzene rings is 3. The Kier molecular flexibility index (Phi) is 10.6. The lowest BCUT2D eigenvalue weighted by Crippen LogP contribution is -2.50. The summed E-state index contributed by atoms with van der Waals surface area (Å²) in [7, 11) is 1.61. The molecule has 0 aliphatic carbocycles. The highest BCUT2D eigenvalue weighted by molar-refractivity contribution is 6.34. The first-order valence-corrected chi connectivity index (χ1v) is 13.8. The van der Waals surface area contributed by atoms with E-state index >= 15 is 0 Å². The van der Waals surface area contributed by atoms with Crippen molar-refractivity contribution in [2.75, 3.05) is 38.9 Å². The SMILES string of the molecule is C#Cc1ccc(NC(=O)C(C(C)c2ccccc2)N2C(=O)N[C@H](c3ccc(OCCOCCOC)cc3)C2=O)c(Cl)c1. The van der Waals surface area contributed by atoms with Crippen LogP contribution in [0.2, 0.25) is 5.02 Å². The minimum atomic E-state index is -1.17. The average Bonchev–Trinajstić information content (AvgIpc) is 3.29. The molecule has 1 fully saturated rings. The van der Waals surface area contributed by atoms with Gasteiger partial charge in [-0.05, 0) is 41.5 Å². The van der Waals surface area contributed by atoms with E-state index in [2.05, 4.69) is 16.6 Å². The zero-order valence-electron chi connectivity index (χ0n) is 23.3. The number of rotatable bonds is 13. The van der Waals surface area contributed by atoms with E-state index in [0.29, 0.717) is 49.0 Å². The number of anilines is 1. The van der Waals surface area contributed by atoms with Crippen LogP contribution >= 0.6 is 11.6 Å². The number of methoxy groups -OCH3 is 1. The lowest BCUT2D eigenvalue weighted by atomic mass is 9.91. The number of carbonyl (C=O) groups excluding carboxylic acids is 3. The van der Waals surface area contributed by atoms with Crippen LogP contribution in [0.4, 0.5) is 10.5 Å². The predicted molar refractivity (Wildman–Crippen MR) is 159 cm³/mol. The van der Waals surface area contributed by atoms with E-state index in [1.807, 2.05) is 30.3 Å². The molecule has 0 bridgehead atoms. The summed E-state index contributed by atoms with van der Waals surface area (Å²) < 4.78 is 16.0. The number of hydrogen-bond donors (Lipinski definition) is 2. The lowest BCUT2D eigenvalue weighted by molar-refractivity contribution is -0.134. The lowest BCUT2D eigenvalue weighted by Gasteiger charge is -2.30. The first-order chi connectivity index (χ1) is 20.3. The number of imide groups is 1. The highest BCUT2D eigenvalue weighted by atomic mass is 35.5. The van der Waals surface area contributed by atoms with Gasteiger partial charge in [0.1, 0.15) is 24.4 Å². The van der Waals surface area contributed by atoms with E-state index in [1.54, 1.807) is 56.5 Å². The van der Waals surface area contributed by atoms with Gasteiger partial charge in [0, 0.05) is 18.6 Å². The quantitative estimate of drug-likeness (QED) is 0.169. The molecule has 4 amide bonds. The van der Waals surface area contributed by atoms with Crippen molar-refractivity contribution < 1.29 is 28.6 Å². The van der Waals surface area contributed by atoms with Gasteiger partial charge in [-0.25, -0.2) is 9.69 Å². The highest BCUT2D eigenvalue weighted by Crippen LogP contribution is 2.32. The normalized spacial score (nSPS) is 16.0. The van der Waals surface area contributed by atoms with Crippen molar-refractivity contribution in [2.24, 2.45) is 0 Å². The maximum atomic E-state index is 13.8. The van der Waals surface area contributed by atoms with Gasteiger partial charge in [-0.2, -0.15) is 0 Å². The maximum Gasteiger partial charge on any atom is 0.325 e. The van der Waals surface area contributed by atoms with Crippen molar-refractivity contribution in [1.29, 1.82) is 0 Å². The topological polar surface area (TPSA) is 106 Å². The van der Waals surface area contributed by atoms with Gasteiger partial charge >= 0.3 is 6.03 Å². The first-order valence-electron chi connectivity index (χ1n) is 13.4. The second kappa shape index (κ2) is 14.5. The number of urea groups is 1. The number of ether oxygens (including phenoxy) is 3. The van der Waals surface area contributed by atoms with Crippen LogP contribution in [0.25, 0.3) is 0 Å². The van der Waals surface area contributed by atoms with Gasteiger partial charge < -0.3 is 24.8 Å². The molecule has 1 aliphatic heterocycles. The summed E-state index contributed by atoms with van der Waals surface area (Å²) in [4.78, 5) is 41.8. The summed E-state index contributed by atoms with van der Waals surface area (Å²) in [6, 6.07) is 18.0.